The first kappa shape index (κ1) is 15.5. The number of hydrogen-bond acceptors (Lipinski definition) is 6. The lowest BCUT2D eigenvalue weighted by Crippen LogP contribution is -1.93. The number of rotatable bonds is 4. The van der Waals surface area contributed by atoms with Crippen molar-refractivity contribution in [3.05, 3.63) is 64.4 Å². The van der Waals surface area contributed by atoms with E-state index >= 15 is 0 Å². The number of ether oxygens (including phenoxy) is 1. The fraction of sp³-hybridized carbons (Fsp3) is 0.0556. The zero-order valence-corrected chi connectivity index (χ0v) is 15.7. The van der Waals surface area contributed by atoms with E-state index in [0.717, 1.165) is 26.1 Å². The van der Waals surface area contributed by atoms with Crippen LogP contribution in [0, 0.1) is 0 Å². The summed E-state index contributed by atoms with van der Waals surface area (Å²) in [5.74, 6) is 2.62. The van der Waals surface area contributed by atoms with Gasteiger partial charge in [0.2, 0.25) is 5.82 Å². The van der Waals surface area contributed by atoms with Crippen LogP contribution in [0.4, 0.5) is 0 Å². The van der Waals surface area contributed by atoms with Crippen LogP contribution in [0.25, 0.3) is 27.4 Å². The standard InChI is InChI=1S/C18H11BrN4O2S/c19-11-1-3-12(4-2-11)24-9-13-5-6-15(25-13)16-21-17-14-7-8-26-18(14)20-10-23(17)22-16/h1-8,10H,9H2. The molecule has 128 valence electrons. The second-order valence-corrected chi connectivity index (χ2v) is 7.41. The van der Waals surface area contributed by atoms with Crippen molar-refractivity contribution in [2.45, 2.75) is 6.61 Å². The van der Waals surface area contributed by atoms with Crippen molar-refractivity contribution in [1.29, 1.82) is 0 Å². The Balaban J connectivity index is 1.40. The molecular formula is C18H11BrN4O2S. The molecular weight excluding hydrogens is 416 g/mol. The van der Waals surface area contributed by atoms with E-state index in [4.69, 9.17) is 9.15 Å². The topological polar surface area (TPSA) is 65.5 Å². The molecule has 0 aliphatic rings. The highest BCUT2D eigenvalue weighted by molar-refractivity contribution is 9.10. The zero-order chi connectivity index (χ0) is 17.5. The number of aromatic nitrogens is 4. The fourth-order valence-corrected chi connectivity index (χ4v) is 3.62. The van der Waals surface area contributed by atoms with Gasteiger partial charge in [-0.05, 0) is 47.8 Å². The summed E-state index contributed by atoms with van der Waals surface area (Å²) < 4.78 is 14.3. The van der Waals surface area contributed by atoms with Gasteiger partial charge in [-0.3, -0.25) is 0 Å². The summed E-state index contributed by atoms with van der Waals surface area (Å²) in [6, 6.07) is 13.4. The summed E-state index contributed by atoms with van der Waals surface area (Å²) in [6.45, 7) is 0.339. The van der Waals surface area contributed by atoms with Gasteiger partial charge in [-0.25, -0.2) is 14.5 Å². The number of fused-ring (bicyclic) bond motifs is 3. The molecule has 0 spiro atoms. The minimum Gasteiger partial charge on any atom is -0.486 e. The van der Waals surface area contributed by atoms with Crippen LogP contribution in [-0.4, -0.2) is 19.6 Å². The first-order chi connectivity index (χ1) is 12.8. The van der Waals surface area contributed by atoms with E-state index in [1.165, 1.54) is 0 Å². The van der Waals surface area contributed by atoms with Crippen LogP contribution in [0.2, 0.25) is 0 Å². The van der Waals surface area contributed by atoms with Gasteiger partial charge in [0.25, 0.3) is 0 Å². The summed E-state index contributed by atoms with van der Waals surface area (Å²) in [4.78, 5) is 9.92. The van der Waals surface area contributed by atoms with Gasteiger partial charge in [0.15, 0.2) is 11.4 Å². The molecule has 0 radical (unpaired) electrons. The third kappa shape index (κ3) is 2.77. The molecule has 0 fully saturated rings. The lowest BCUT2D eigenvalue weighted by molar-refractivity contribution is 0.271. The van der Waals surface area contributed by atoms with E-state index < -0.39 is 0 Å². The molecule has 5 aromatic rings. The van der Waals surface area contributed by atoms with Crippen molar-refractivity contribution in [3.8, 4) is 17.3 Å². The van der Waals surface area contributed by atoms with Crippen molar-refractivity contribution in [3.63, 3.8) is 0 Å². The Bertz CT molecular complexity index is 1210. The van der Waals surface area contributed by atoms with Crippen LogP contribution in [0.15, 0.2) is 63.1 Å². The molecule has 0 N–H and O–H groups in total. The van der Waals surface area contributed by atoms with Gasteiger partial charge in [0.05, 0.1) is 5.39 Å². The Labute approximate surface area is 160 Å². The molecule has 0 amide bonds. The minimum absolute atomic E-state index is 0.339. The fourth-order valence-electron chi connectivity index (χ4n) is 2.63. The number of halogens is 1. The van der Waals surface area contributed by atoms with E-state index in [1.807, 2.05) is 47.8 Å². The predicted octanol–water partition coefficient (Wildman–Crippen LogP) is 4.94. The predicted molar refractivity (Wildman–Crippen MR) is 102 cm³/mol. The average molecular weight is 427 g/mol. The minimum atomic E-state index is 0.339. The Hall–Kier alpha value is -2.71. The van der Waals surface area contributed by atoms with Gasteiger partial charge < -0.3 is 9.15 Å². The third-order valence-corrected chi connectivity index (χ3v) is 5.23. The Morgan fingerprint density at radius 1 is 1.12 bits per heavy atom. The third-order valence-electron chi connectivity index (χ3n) is 3.88. The number of benzene rings is 1. The number of furan rings is 1. The molecule has 4 aromatic heterocycles. The van der Waals surface area contributed by atoms with Gasteiger partial charge in [0, 0.05) is 4.47 Å². The second-order valence-electron chi connectivity index (χ2n) is 5.60. The van der Waals surface area contributed by atoms with E-state index in [0.29, 0.717) is 24.0 Å². The maximum Gasteiger partial charge on any atom is 0.217 e. The molecule has 8 heteroatoms. The molecule has 0 bridgehead atoms. The monoisotopic (exact) mass is 426 g/mol. The summed E-state index contributed by atoms with van der Waals surface area (Å²) >= 11 is 4.99. The van der Waals surface area contributed by atoms with Crippen LogP contribution in [0.5, 0.6) is 5.75 Å². The van der Waals surface area contributed by atoms with E-state index in [2.05, 4.69) is 31.0 Å². The van der Waals surface area contributed by atoms with Crippen LogP contribution in [-0.2, 0) is 6.61 Å². The first-order valence-electron chi connectivity index (χ1n) is 7.82. The molecule has 0 saturated carbocycles. The molecule has 1 aromatic carbocycles. The Kier molecular flexibility index (Phi) is 3.72. The van der Waals surface area contributed by atoms with Crippen molar-refractivity contribution >= 4 is 43.1 Å². The molecule has 4 heterocycles. The molecule has 0 aliphatic carbocycles. The maximum absolute atomic E-state index is 5.85. The van der Waals surface area contributed by atoms with E-state index in [1.54, 1.807) is 22.2 Å². The summed E-state index contributed by atoms with van der Waals surface area (Å²) in [5, 5.41) is 7.45. The highest BCUT2D eigenvalue weighted by atomic mass is 79.9. The Morgan fingerprint density at radius 2 is 2.00 bits per heavy atom. The van der Waals surface area contributed by atoms with Crippen molar-refractivity contribution in [2.24, 2.45) is 0 Å². The normalized spacial score (nSPS) is 11.4. The smallest absolute Gasteiger partial charge is 0.217 e. The highest BCUT2D eigenvalue weighted by Crippen LogP contribution is 2.25. The molecule has 26 heavy (non-hydrogen) atoms. The van der Waals surface area contributed by atoms with Gasteiger partial charge in [-0.15, -0.1) is 16.4 Å². The summed E-state index contributed by atoms with van der Waals surface area (Å²) in [6.07, 6.45) is 1.67. The van der Waals surface area contributed by atoms with Crippen LogP contribution in [0.1, 0.15) is 5.76 Å². The van der Waals surface area contributed by atoms with Crippen LogP contribution >= 0.6 is 27.3 Å². The van der Waals surface area contributed by atoms with Gasteiger partial charge >= 0.3 is 0 Å². The molecule has 0 aliphatic heterocycles. The summed E-state index contributed by atoms with van der Waals surface area (Å²) in [7, 11) is 0. The zero-order valence-electron chi connectivity index (χ0n) is 13.3. The lowest BCUT2D eigenvalue weighted by atomic mass is 10.3. The van der Waals surface area contributed by atoms with Crippen LogP contribution < -0.4 is 4.74 Å². The number of nitrogens with zero attached hydrogens (tertiary/aromatic N) is 4. The molecule has 5 rings (SSSR count). The van der Waals surface area contributed by atoms with Gasteiger partial charge in [-0.2, -0.15) is 0 Å². The second kappa shape index (κ2) is 6.22. The number of hydrogen-bond donors (Lipinski definition) is 0. The molecule has 0 saturated heterocycles. The van der Waals surface area contributed by atoms with E-state index in [9.17, 15) is 0 Å². The first-order valence-corrected chi connectivity index (χ1v) is 9.49. The quantitative estimate of drug-likeness (QED) is 0.407. The largest absolute Gasteiger partial charge is 0.486 e. The molecule has 0 atom stereocenters. The molecule has 0 unspecified atom stereocenters. The SMILES string of the molecule is Brc1ccc(OCc2ccc(-c3nc4c5ccsc5ncn4n3)o2)cc1. The van der Waals surface area contributed by atoms with Crippen molar-refractivity contribution < 1.29 is 9.15 Å². The average Bonchev–Trinajstić information content (AvgIpc) is 3.38. The number of thiophene rings is 1. The van der Waals surface area contributed by atoms with Gasteiger partial charge in [-0.1, -0.05) is 15.9 Å². The lowest BCUT2D eigenvalue weighted by Gasteiger charge is -2.03. The van der Waals surface area contributed by atoms with E-state index in [-0.39, 0.29) is 0 Å². The van der Waals surface area contributed by atoms with Crippen LogP contribution in [0.3, 0.4) is 0 Å². The van der Waals surface area contributed by atoms with Crippen molar-refractivity contribution in [1.82, 2.24) is 19.6 Å². The van der Waals surface area contributed by atoms with Crippen molar-refractivity contribution in [2.75, 3.05) is 0 Å². The maximum atomic E-state index is 5.85. The summed E-state index contributed by atoms with van der Waals surface area (Å²) in [5.41, 5.74) is 0.773. The van der Waals surface area contributed by atoms with Gasteiger partial charge in [0.1, 0.15) is 29.3 Å². The molecule has 6 nitrogen and oxygen atoms in total. The highest BCUT2D eigenvalue weighted by Gasteiger charge is 2.14. The Morgan fingerprint density at radius 3 is 2.88 bits per heavy atom.